The Morgan fingerprint density at radius 2 is 2.09 bits per heavy atom. The highest BCUT2D eigenvalue weighted by molar-refractivity contribution is 7.92. The molecule has 1 fully saturated rings. The molecule has 1 aromatic carbocycles. The molecular formula is C22H24FN7O2S. The molecule has 0 unspecified atom stereocenters. The largest absolute Gasteiger partial charge is 0.353 e. The molecule has 11 heteroatoms. The number of anilines is 2. The number of rotatable bonds is 10. The molecule has 0 radical (unpaired) electrons. The lowest BCUT2D eigenvalue weighted by atomic mass is 10.1. The molecule has 9 nitrogen and oxygen atoms in total. The number of halogens is 1. The fourth-order valence-corrected chi connectivity index (χ4v) is 4.55. The van der Waals surface area contributed by atoms with Gasteiger partial charge >= 0.3 is 0 Å². The Hall–Kier alpha value is -3.52. The maximum absolute atomic E-state index is 15.5. The molecule has 3 N–H and O–H groups in total. The van der Waals surface area contributed by atoms with Crippen LogP contribution in [0, 0.1) is 17.1 Å². The zero-order chi connectivity index (χ0) is 23.4. The second-order valence-corrected chi connectivity index (χ2v) is 9.65. The highest BCUT2D eigenvalue weighted by atomic mass is 32.2. The second kappa shape index (κ2) is 9.54. The van der Waals surface area contributed by atoms with Crippen molar-refractivity contribution in [2.24, 2.45) is 0 Å². The normalized spacial score (nSPS) is 13.5. The van der Waals surface area contributed by atoms with Gasteiger partial charge in [0.1, 0.15) is 11.5 Å². The van der Waals surface area contributed by atoms with Crippen molar-refractivity contribution in [2.75, 3.05) is 22.3 Å². The van der Waals surface area contributed by atoms with Crippen molar-refractivity contribution in [1.82, 2.24) is 19.9 Å². The maximum atomic E-state index is 15.5. The minimum absolute atomic E-state index is 0.0985. The molecule has 2 aromatic heterocycles. The lowest BCUT2D eigenvalue weighted by Crippen LogP contribution is -2.17. The molecule has 4 rings (SSSR count). The van der Waals surface area contributed by atoms with E-state index in [1.807, 2.05) is 6.07 Å². The first kappa shape index (κ1) is 22.7. The summed E-state index contributed by atoms with van der Waals surface area (Å²) < 4.78 is 42.2. The van der Waals surface area contributed by atoms with Gasteiger partial charge in [0.25, 0.3) is 0 Å². The lowest BCUT2D eigenvalue weighted by Gasteiger charge is -2.11. The van der Waals surface area contributed by atoms with Gasteiger partial charge in [0.05, 0.1) is 35.3 Å². The van der Waals surface area contributed by atoms with E-state index in [4.69, 9.17) is 5.26 Å². The number of sulfonamides is 1. The van der Waals surface area contributed by atoms with Gasteiger partial charge in [-0.15, -0.1) is 0 Å². The average Bonchev–Trinajstić information content (AvgIpc) is 3.54. The van der Waals surface area contributed by atoms with Gasteiger partial charge in [0.2, 0.25) is 16.0 Å². The molecular weight excluding hydrogens is 445 g/mol. The Balaban J connectivity index is 1.75. The molecule has 0 saturated heterocycles. The number of nitrogens with one attached hydrogen (secondary N) is 3. The number of nitriles is 1. The molecule has 1 saturated carbocycles. The van der Waals surface area contributed by atoms with E-state index in [9.17, 15) is 8.42 Å². The Morgan fingerprint density at radius 1 is 1.27 bits per heavy atom. The van der Waals surface area contributed by atoms with Gasteiger partial charge in [0.15, 0.2) is 5.82 Å². The van der Waals surface area contributed by atoms with Gasteiger partial charge in [0, 0.05) is 24.2 Å². The van der Waals surface area contributed by atoms with Crippen molar-refractivity contribution >= 4 is 21.7 Å². The molecule has 0 aliphatic heterocycles. The number of hydrogen-bond donors (Lipinski definition) is 3. The van der Waals surface area contributed by atoms with Crippen molar-refractivity contribution in [1.29, 1.82) is 5.26 Å². The van der Waals surface area contributed by atoms with Gasteiger partial charge < -0.3 is 10.3 Å². The van der Waals surface area contributed by atoms with Crippen molar-refractivity contribution in [3.05, 3.63) is 42.1 Å². The van der Waals surface area contributed by atoms with Crippen LogP contribution in [-0.2, 0) is 10.0 Å². The van der Waals surface area contributed by atoms with Crippen LogP contribution in [0.4, 0.5) is 16.0 Å². The highest BCUT2D eigenvalue weighted by Crippen LogP contribution is 2.42. The van der Waals surface area contributed by atoms with E-state index in [1.54, 1.807) is 31.3 Å². The van der Waals surface area contributed by atoms with Gasteiger partial charge in [-0.3, -0.25) is 4.72 Å². The monoisotopic (exact) mass is 469 g/mol. The number of nitrogens with zero attached hydrogens (tertiary/aromatic N) is 4. The van der Waals surface area contributed by atoms with Crippen LogP contribution < -0.4 is 10.0 Å². The smallest absolute Gasteiger partial charge is 0.232 e. The Bertz CT molecular complexity index is 1300. The number of aromatic amines is 1. The third-order valence-electron chi connectivity index (χ3n) is 5.11. The SMILES string of the molecule is CCCS(=O)(=O)Nc1cccc(-c2nc(C3CC3)[nH]c2-c2ccnc(NCCC#N)n2)c1F. The molecule has 33 heavy (non-hydrogen) atoms. The summed E-state index contributed by atoms with van der Waals surface area (Å²) in [6.07, 6.45) is 4.29. The van der Waals surface area contributed by atoms with Crippen LogP contribution in [0.15, 0.2) is 30.5 Å². The summed E-state index contributed by atoms with van der Waals surface area (Å²) in [6.45, 7) is 2.14. The van der Waals surface area contributed by atoms with Gasteiger partial charge in [-0.05, 0) is 37.5 Å². The first-order chi connectivity index (χ1) is 15.9. The van der Waals surface area contributed by atoms with Crippen molar-refractivity contribution < 1.29 is 12.8 Å². The van der Waals surface area contributed by atoms with Gasteiger partial charge in [-0.2, -0.15) is 5.26 Å². The third kappa shape index (κ3) is 5.28. The van der Waals surface area contributed by atoms with E-state index in [1.165, 1.54) is 6.07 Å². The standard InChI is InChI=1S/C22H24FN7O2S/c1-2-13-33(31,32)30-16-6-3-5-15(18(16)23)19-20(29-21(28-19)14-7-8-14)17-9-12-26-22(27-17)25-11-4-10-24/h3,5-6,9,12,14,30H,2,4,7-8,11,13H2,1H3,(H,28,29)(H,25,26,27). The van der Waals surface area contributed by atoms with Gasteiger partial charge in [-0.25, -0.2) is 27.8 Å². The van der Waals surface area contributed by atoms with Crippen molar-refractivity contribution in [3.63, 3.8) is 0 Å². The molecule has 3 aromatic rings. The summed E-state index contributed by atoms with van der Waals surface area (Å²) in [7, 11) is -3.65. The first-order valence-corrected chi connectivity index (χ1v) is 12.4. The molecule has 172 valence electrons. The fourth-order valence-electron chi connectivity index (χ4n) is 3.42. The Kier molecular flexibility index (Phi) is 6.55. The summed E-state index contributed by atoms with van der Waals surface area (Å²) in [6, 6.07) is 8.28. The minimum atomic E-state index is -3.65. The van der Waals surface area contributed by atoms with Crippen LogP contribution in [0.1, 0.15) is 44.3 Å². The number of H-pyrrole nitrogens is 1. The van der Waals surface area contributed by atoms with E-state index in [-0.39, 0.29) is 22.9 Å². The minimum Gasteiger partial charge on any atom is -0.353 e. The fraction of sp³-hybridized carbons (Fsp3) is 0.364. The van der Waals surface area contributed by atoms with Crippen LogP contribution in [0.3, 0.4) is 0 Å². The van der Waals surface area contributed by atoms with E-state index >= 15 is 4.39 Å². The predicted molar refractivity (Wildman–Crippen MR) is 123 cm³/mol. The first-order valence-electron chi connectivity index (χ1n) is 10.8. The van der Waals surface area contributed by atoms with E-state index in [0.717, 1.165) is 18.7 Å². The Morgan fingerprint density at radius 3 is 2.82 bits per heavy atom. The summed E-state index contributed by atoms with van der Waals surface area (Å²) in [5.41, 5.74) is 1.44. The zero-order valence-corrected chi connectivity index (χ0v) is 18.9. The van der Waals surface area contributed by atoms with Crippen LogP contribution >= 0.6 is 0 Å². The summed E-state index contributed by atoms with van der Waals surface area (Å²) >= 11 is 0. The quantitative estimate of drug-likeness (QED) is 0.381. The zero-order valence-electron chi connectivity index (χ0n) is 18.1. The Labute approximate surface area is 191 Å². The summed E-state index contributed by atoms with van der Waals surface area (Å²) in [4.78, 5) is 16.6. The van der Waals surface area contributed by atoms with E-state index in [0.29, 0.717) is 42.4 Å². The molecule has 1 aliphatic rings. The van der Waals surface area contributed by atoms with Gasteiger partial charge in [-0.1, -0.05) is 13.0 Å². The molecule has 0 amide bonds. The topological polar surface area (TPSA) is 136 Å². The summed E-state index contributed by atoms with van der Waals surface area (Å²) in [5.74, 6) is 0.570. The predicted octanol–water partition coefficient (Wildman–Crippen LogP) is 4.03. The number of aromatic nitrogens is 4. The van der Waals surface area contributed by atoms with Crippen LogP contribution in [0.5, 0.6) is 0 Å². The van der Waals surface area contributed by atoms with E-state index < -0.39 is 15.8 Å². The molecule has 1 aliphatic carbocycles. The number of hydrogen-bond acceptors (Lipinski definition) is 7. The summed E-state index contributed by atoms with van der Waals surface area (Å²) in [5, 5.41) is 11.7. The number of benzene rings is 1. The van der Waals surface area contributed by atoms with Crippen molar-refractivity contribution in [3.8, 4) is 28.7 Å². The number of imidazole rings is 1. The van der Waals surface area contributed by atoms with E-state index in [2.05, 4.69) is 30.0 Å². The lowest BCUT2D eigenvalue weighted by molar-refractivity contribution is 0.597. The van der Waals surface area contributed by atoms with Crippen LogP contribution in [0.2, 0.25) is 0 Å². The molecule has 2 heterocycles. The average molecular weight is 470 g/mol. The van der Waals surface area contributed by atoms with Crippen LogP contribution in [0.25, 0.3) is 22.6 Å². The third-order valence-corrected chi connectivity index (χ3v) is 6.59. The second-order valence-electron chi connectivity index (χ2n) is 7.81. The maximum Gasteiger partial charge on any atom is 0.232 e. The molecule has 0 spiro atoms. The highest BCUT2D eigenvalue weighted by Gasteiger charge is 2.30. The van der Waals surface area contributed by atoms with Crippen molar-refractivity contribution in [2.45, 2.75) is 38.5 Å². The van der Waals surface area contributed by atoms with Crippen LogP contribution in [-0.4, -0.2) is 40.7 Å². The molecule has 0 atom stereocenters. The molecule has 0 bridgehead atoms.